The van der Waals surface area contributed by atoms with Crippen LogP contribution in [0.4, 0.5) is 0 Å². The van der Waals surface area contributed by atoms with Gasteiger partial charge in [-0.05, 0) is 11.6 Å². The van der Waals surface area contributed by atoms with Gasteiger partial charge in [-0.2, -0.15) is 0 Å². The van der Waals surface area contributed by atoms with Crippen molar-refractivity contribution >= 4 is 29.6 Å². The largest absolute Gasteiger partial charge is 0.379 e. The second kappa shape index (κ2) is 4.80. The number of sulfone groups is 1. The SMILES string of the molecule is O=S(=O)(Cl)Cc1ccccc1S(=O)(=O)C1COC1. The second-order valence-electron chi connectivity index (χ2n) is 4.00. The zero-order chi connectivity index (χ0) is 13.4. The molecule has 1 aliphatic heterocycles. The molecule has 0 radical (unpaired) electrons. The zero-order valence-electron chi connectivity index (χ0n) is 9.24. The maximum atomic E-state index is 12.2. The first-order valence-corrected chi connectivity index (χ1v) is 9.15. The Bertz CT molecular complexity index is 647. The molecule has 0 bridgehead atoms. The van der Waals surface area contributed by atoms with E-state index in [0.29, 0.717) is 0 Å². The molecule has 0 atom stereocenters. The van der Waals surface area contributed by atoms with Crippen molar-refractivity contribution in [2.75, 3.05) is 13.2 Å². The number of hydrogen-bond acceptors (Lipinski definition) is 5. The monoisotopic (exact) mass is 310 g/mol. The predicted octanol–water partition coefficient (Wildman–Crippen LogP) is 0.928. The lowest BCUT2D eigenvalue weighted by Gasteiger charge is -2.26. The summed E-state index contributed by atoms with van der Waals surface area (Å²) in [4.78, 5) is 0.0162. The molecule has 1 aromatic rings. The summed E-state index contributed by atoms with van der Waals surface area (Å²) in [6.07, 6.45) is 0. The van der Waals surface area contributed by atoms with Gasteiger partial charge in [0.05, 0.1) is 23.9 Å². The first-order valence-electron chi connectivity index (χ1n) is 5.12. The Hall–Kier alpha value is -0.630. The summed E-state index contributed by atoms with van der Waals surface area (Å²) in [5, 5.41) is -0.600. The van der Waals surface area contributed by atoms with Gasteiger partial charge in [0.2, 0.25) is 9.05 Å². The first kappa shape index (κ1) is 13.8. The third-order valence-electron chi connectivity index (χ3n) is 2.65. The van der Waals surface area contributed by atoms with Crippen molar-refractivity contribution in [2.45, 2.75) is 15.9 Å². The van der Waals surface area contributed by atoms with Crippen molar-refractivity contribution in [1.82, 2.24) is 0 Å². The minimum absolute atomic E-state index is 0.0162. The van der Waals surface area contributed by atoms with E-state index in [1.807, 2.05) is 0 Å². The third kappa shape index (κ3) is 2.85. The molecular weight excluding hydrogens is 300 g/mol. The molecule has 0 saturated carbocycles. The van der Waals surface area contributed by atoms with Crippen LogP contribution >= 0.6 is 10.7 Å². The van der Waals surface area contributed by atoms with Gasteiger partial charge in [-0.1, -0.05) is 18.2 Å². The Labute approximate surface area is 110 Å². The van der Waals surface area contributed by atoms with E-state index >= 15 is 0 Å². The van der Waals surface area contributed by atoms with E-state index < -0.39 is 29.9 Å². The lowest BCUT2D eigenvalue weighted by Crippen LogP contribution is -2.41. The van der Waals surface area contributed by atoms with E-state index in [4.69, 9.17) is 15.4 Å². The normalized spacial score (nSPS) is 17.4. The molecule has 1 heterocycles. The van der Waals surface area contributed by atoms with Gasteiger partial charge in [-0.25, -0.2) is 16.8 Å². The fraction of sp³-hybridized carbons (Fsp3) is 0.400. The molecule has 18 heavy (non-hydrogen) atoms. The Kier molecular flexibility index (Phi) is 3.68. The van der Waals surface area contributed by atoms with Crippen LogP contribution in [0.5, 0.6) is 0 Å². The summed E-state index contributed by atoms with van der Waals surface area (Å²) in [6.45, 7) is 0.286. The van der Waals surface area contributed by atoms with E-state index in [9.17, 15) is 16.8 Å². The fourth-order valence-corrected chi connectivity index (χ4v) is 4.41. The average molecular weight is 311 g/mol. The predicted molar refractivity (Wildman–Crippen MR) is 66.7 cm³/mol. The van der Waals surface area contributed by atoms with Crippen LogP contribution in [-0.4, -0.2) is 35.3 Å². The standard InChI is InChI=1S/C10H11ClO5S2/c11-17(12,13)7-8-3-1-2-4-10(8)18(14,15)9-5-16-6-9/h1-4,9H,5-7H2. The smallest absolute Gasteiger partial charge is 0.236 e. The average Bonchev–Trinajstić information content (AvgIpc) is 2.11. The lowest BCUT2D eigenvalue weighted by molar-refractivity contribution is 0.0416. The van der Waals surface area contributed by atoms with Gasteiger partial charge in [0.1, 0.15) is 5.25 Å². The van der Waals surface area contributed by atoms with Crippen LogP contribution in [-0.2, 0) is 29.4 Å². The molecule has 0 aromatic heterocycles. The summed E-state index contributed by atoms with van der Waals surface area (Å²) in [7, 11) is -2.18. The summed E-state index contributed by atoms with van der Waals surface area (Å²) in [5.74, 6) is -0.502. The third-order valence-corrected chi connectivity index (χ3v) is 5.80. The Morgan fingerprint density at radius 1 is 1.17 bits per heavy atom. The number of ether oxygens (including phenoxy) is 1. The van der Waals surface area contributed by atoms with Gasteiger partial charge < -0.3 is 4.74 Å². The van der Waals surface area contributed by atoms with Gasteiger partial charge in [0, 0.05) is 10.7 Å². The van der Waals surface area contributed by atoms with Crippen LogP contribution in [0.15, 0.2) is 29.2 Å². The Balaban J connectivity index is 2.45. The molecule has 1 aliphatic rings. The molecule has 1 fully saturated rings. The highest BCUT2D eigenvalue weighted by Gasteiger charge is 2.35. The summed E-state index contributed by atoms with van der Waals surface area (Å²) in [5.41, 5.74) is 0.194. The molecule has 1 saturated heterocycles. The maximum Gasteiger partial charge on any atom is 0.236 e. The molecule has 0 unspecified atom stereocenters. The molecule has 2 rings (SSSR count). The van der Waals surface area contributed by atoms with Gasteiger partial charge in [-0.3, -0.25) is 0 Å². The maximum absolute atomic E-state index is 12.2. The van der Waals surface area contributed by atoms with Crippen molar-refractivity contribution < 1.29 is 21.6 Å². The molecule has 0 amide bonds. The Morgan fingerprint density at radius 2 is 1.78 bits per heavy atom. The lowest BCUT2D eigenvalue weighted by atomic mass is 10.2. The highest BCUT2D eigenvalue weighted by Crippen LogP contribution is 2.26. The number of hydrogen-bond donors (Lipinski definition) is 0. The van der Waals surface area contributed by atoms with Crippen LogP contribution < -0.4 is 0 Å². The fourth-order valence-electron chi connectivity index (χ4n) is 1.66. The van der Waals surface area contributed by atoms with Gasteiger partial charge >= 0.3 is 0 Å². The molecule has 5 nitrogen and oxygen atoms in total. The van der Waals surface area contributed by atoms with Gasteiger partial charge in [-0.15, -0.1) is 0 Å². The van der Waals surface area contributed by atoms with E-state index in [1.165, 1.54) is 12.1 Å². The van der Waals surface area contributed by atoms with E-state index in [2.05, 4.69) is 0 Å². The number of benzene rings is 1. The van der Waals surface area contributed by atoms with Gasteiger partial charge in [0.25, 0.3) is 0 Å². The van der Waals surface area contributed by atoms with E-state index in [0.717, 1.165) is 0 Å². The summed E-state index contributed by atoms with van der Waals surface area (Å²) < 4.78 is 51.4. The Morgan fingerprint density at radius 3 is 2.28 bits per heavy atom. The van der Waals surface area contributed by atoms with Crippen molar-refractivity contribution in [3.63, 3.8) is 0 Å². The molecule has 0 N–H and O–H groups in total. The van der Waals surface area contributed by atoms with Crippen molar-refractivity contribution in [2.24, 2.45) is 0 Å². The molecular formula is C10H11ClO5S2. The second-order valence-corrected chi connectivity index (χ2v) is 8.97. The highest BCUT2D eigenvalue weighted by molar-refractivity contribution is 8.13. The van der Waals surface area contributed by atoms with Crippen molar-refractivity contribution in [1.29, 1.82) is 0 Å². The quantitative estimate of drug-likeness (QED) is 0.773. The van der Waals surface area contributed by atoms with Crippen LogP contribution in [0.1, 0.15) is 5.56 Å². The van der Waals surface area contributed by atoms with Crippen molar-refractivity contribution in [3.8, 4) is 0 Å². The molecule has 0 spiro atoms. The minimum Gasteiger partial charge on any atom is -0.379 e. The summed E-state index contributed by atoms with van der Waals surface area (Å²) in [6, 6.07) is 5.97. The van der Waals surface area contributed by atoms with Crippen LogP contribution in [0.25, 0.3) is 0 Å². The van der Waals surface area contributed by atoms with E-state index in [1.54, 1.807) is 12.1 Å². The molecule has 0 aliphatic carbocycles. The highest BCUT2D eigenvalue weighted by atomic mass is 35.7. The van der Waals surface area contributed by atoms with Crippen LogP contribution in [0.3, 0.4) is 0 Å². The molecule has 100 valence electrons. The first-order chi connectivity index (χ1) is 8.31. The topological polar surface area (TPSA) is 77.5 Å². The molecule has 1 aromatic carbocycles. The van der Waals surface area contributed by atoms with Gasteiger partial charge in [0.15, 0.2) is 9.84 Å². The van der Waals surface area contributed by atoms with Crippen LogP contribution in [0.2, 0.25) is 0 Å². The zero-order valence-corrected chi connectivity index (χ0v) is 11.6. The minimum atomic E-state index is -3.80. The number of halogens is 1. The molecule has 8 heteroatoms. The van der Waals surface area contributed by atoms with Crippen LogP contribution in [0, 0.1) is 0 Å². The summed E-state index contributed by atoms with van der Waals surface area (Å²) >= 11 is 0. The number of rotatable bonds is 4. The van der Waals surface area contributed by atoms with E-state index in [-0.39, 0.29) is 23.7 Å². The van der Waals surface area contributed by atoms with Crippen molar-refractivity contribution in [3.05, 3.63) is 29.8 Å².